The van der Waals surface area contributed by atoms with Gasteiger partial charge in [-0.05, 0) is 51.2 Å². The van der Waals surface area contributed by atoms with Crippen LogP contribution in [0.15, 0.2) is 24.3 Å². The lowest BCUT2D eigenvalue weighted by molar-refractivity contribution is -0.142. The minimum absolute atomic E-state index is 0.100. The summed E-state index contributed by atoms with van der Waals surface area (Å²) in [5.41, 5.74) is 1.14. The Bertz CT molecular complexity index is 467. The summed E-state index contributed by atoms with van der Waals surface area (Å²) in [7, 11) is 0. The number of aryl methyl sites for hydroxylation is 1. The fourth-order valence-electron chi connectivity index (χ4n) is 2.82. The van der Waals surface area contributed by atoms with Crippen LogP contribution in [0.3, 0.4) is 0 Å². The number of carboxylic acid groups (broad SMARTS) is 1. The molecule has 4 heteroatoms. The molecule has 2 N–H and O–H groups in total. The Balaban J connectivity index is 1.71. The summed E-state index contributed by atoms with van der Waals surface area (Å²) >= 11 is 0. The number of hydrogen-bond donors (Lipinski definition) is 2. The predicted octanol–water partition coefficient (Wildman–Crippen LogP) is 3.00. The summed E-state index contributed by atoms with van der Waals surface area (Å²) in [6, 6.07) is 8.44. The number of carboxylic acids is 1. The molecule has 116 valence electrons. The first-order chi connectivity index (χ1) is 10.1. The third-order valence-corrected chi connectivity index (χ3v) is 4.19. The van der Waals surface area contributed by atoms with Crippen LogP contribution in [-0.4, -0.2) is 29.8 Å². The molecule has 0 bridgehead atoms. The summed E-state index contributed by atoms with van der Waals surface area (Å²) in [5.74, 6) is 0.134. The van der Waals surface area contributed by atoms with Crippen molar-refractivity contribution in [2.75, 3.05) is 6.54 Å². The predicted molar refractivity (Wildman–Crippen MR) is 82.7 cm³/mol. The van der Waals surface area contributed by atoms with Crippen LogP contribution in [0.4, 0.5) is 0 Å². The molecule has 0 radical (unpaired) electrons. The normalized spacial score (nSPS) is 23.5. The van der Waals surface area contributed by atoms with E-state index in [1.165, 1.54) is 0 Å². The van der Waals surface area contributed by atoms with E-state index in [2.05, 4.69) is 12.2 Å². The molecule has 1 saturated carbocycles. The van der Waals surface area contributed by atoms with Gasteiger partial charge in [-0.1, -0.05) is 18.2 Å². The van der Waals surface area contributed by atoms with E-state index < -0.39 is 5.97 Å². The van der Waals surface area contributed by atoms with Gasteiger partial charge in [0.25, 0.3) is 0 Å². The van der Waals surface area contributed by atoms with E-state index in [4.69, 9.17) is 9.84 Å². The standard InChI is InChI=1S/C17H25NO3/c1-12-5-3-4-6-16(12)21-13(2)11-18-15-9-7-14(8-10-15)17(19)20/h3-6,13-15,18H,7-11H2,1-2H3,(H,19,20). The molecule has 0 heterocycles. The molecule has 1 unspecified atom stereocenters. The molecule has 0 aromatic heterocycles. The maximum Gasteiger partial charge on any atom is 0.306 e. The van der Waals surface area contributed by atoms with Crippen molar-refractivity contribution in [3.8, 4) is 5.75 Å². The second-order valence-corrected chi connectivity index (χ2v) is 5.99. The third-order valence-electron chi connectivity index (χ3n) is 4.19. The van der Waals surface area contributed by atoms with Gasteiger partial charge >= 0.3 is 5.97 Å². The Morgan fingerprint density at radius 1 is 1.33 bits per heavy atom. The molecule has 1 aromatic carbocycles. The smallest absolute Gasteiger partial charge is 0.306 e. The lowest BCUT2D eigenvalue weighted by Gasteiger charge is -2.28. The Kier molecular flexibility index (Phi) is 5.62. The maximum absolute atomic E-state index is 10.9. The molecule has 0 aliphatic heterocycles. The van der Waals surface area contributed by atoms with Crippen LogP contribution in [0.5, 0.6) is 5.75 Å². The van der Waals surface area contributed by atoms with Crippen molar-refractivity contribution in [3.05, 3.63) is 29.8 Å². The zero-order chi connectivity index (χ0) is 15.2. The van der Waals surface area contributed by atoms with Crippen molar-refractivity contribution in [1.82, 2.24) is 5.32 Å². The van der Waals surface area contributed by atoms with Crippen molar-refractivity contribution >= 4 is 5.97 Å². The van der Waals surface area contributed by atoms with E-state index in [1.54, 1.807) is 0 Å². The zero-order valence-corrected chi connectivity index (χ0v) is 12.8. The van der Waals surface area contributed by atoms with E-state index in [9.17, 15) is 4.79 Å². The first-order valence-electron chi connectivity index (χ1n) is 7.74. The summed E-state index contributed by atoms with van der Waals surface area (Å²) in [5, 5.41) is 12.5. The van der Waals surface area contributed by atoms with E-state index in [0.717, 1.165) is 43.5 Å². The zero-order valence-electron chi connectivity index (χ0n) is 12.8. The summed E-state index contributed by atoms with van der Waals surface area (Å²) in [4.78, 5) is 10.9. The van der Waals surface area contributed by atoms with Crippen LogP contribution < -0.4 is 10.1 Å². The van der Waals surface area contributed by atoms with Crippen molar-refractivity contribution in [2.45, 2.75) is 51.7 Å². The average Bonchev–Trinajstić information content (AvgIpc) is 2.48. The van der Waals surface area contributed by atoms with Crippen LogP contribution in [0.1, 0.15) is 38.2 Å². The molecule has 0 spiro atoms. The molecule has 1 aliphatic rings. The van der Waals surface area contributed by atoms with E-state index in [-0.39, 0.29) is 12.0 Å². The Morgan fingerprint density at radius 2 is 2.00 bits per heavy atom. The second-order valence-electron chi connectivity index (χ2n) is 5.99. The molecule has 2 rings (SSSR count). The molecule has 1 aromatic rings. The van der Waals surface area contributed by atoms with Crippen LogP contribution >= 0.6 is 0 Å². The topological polar surface area (TPSA) is 58.6 Å². The lowest BCUT2D eigenvalue weighted by Crippen LogP contribution is -2.39. The Morgan fingerprint density at radius 3 is 2.62 bits per heavy atom. The van der Waals surface area contributed by atoms with Crippen LogP contribution in [0, 0.1) is 12.8 Å². The minimum atomic E-state index is -0.648. The summed E-state index contributed by atoms with van der Waals surface area (Å²) in [6.45, 7) is 4.89. The number of ether oxygens (including phenoxy) is 1. The van der Waals surface area contributed by atoms with Gasteiger partial charge in [-0.15, -0.1) is 0 Å². The van der Waals surface area contributed by atoms with E-state index in [1.807, 2.05) is 31.2 Å². The van der Waals surface area contributed by atoms with Crippen molar-refractivity contribution in [2.24, 2.45) is 5.92 Å². The van der Waals surface area contributed by atoms with Crippen molar-refractivity contribution < 1.29 is 14.6 Å². The van der Waals surface area contributed by atoms with Gasteiger partial charge in [0, 0.05) is 12.6 Å². The molecular formula is C17H25NO3. The van der Waals surface area contributed by atoms with Gasteiger partial charge in [-0.25, -0.2) is 0 Å². The number of benzene rings is 1. The number of nitrogens with one attached hydrogen (secondary N) is 1. The van der Waals surface area contributed by atoms with Crippen LogP contribution in [0.2, 0.25) is 0 Å². The third kappa shape index (κ3) is 4.74. The van der Waals surface area contributed by atoms with Gasteiger partial charge in [-0.2, -0.15) is 0 Å². The highest BCUT2D eigenvalue weighted by atomic mass is 16.5. The molecule has 0 saturated heterocycles. The van der Waals surface area contributed by atoms with Crippen molar-refractivity contribution in [1.29, 1.82) is 0 Å². The lowest BCUT2D eigenvalue weighted by atomic mass is 9.86. The quantitative estimate of drug-likeness (QED) is 0.846. The largest absolute Gasteiger partial charge is 0.489 e. The number of para-hydroxylation sites is 1. The van der Waals surface area contributed by atoms with Crippen LogP contribution in [-0.2, 0) is 4.79 Å². The SMILES string of the molecule is Cc1ccccc1OC(C)CNC1CCC(C(=O)O)CC1. The average molecular weight is 291 g/mol. The number of carbonyl (C=O) groups is 1. The molecule has 21 heavy (non-hydrogen) atoms. The fraction of sp³-hybridized carbons (Fsp3) is 0.588. The highest BCUT2D eigenvalue weighted by Gasteiger charge is 2.25. The Hall–Kier alpha value is -1.55. The van der Waals surface area contributed by atoms with E-state index in [0.29, 0.717) is 6.04 Å². The molecule has 0 amide bonds. The maximum atomic E-state index is 10.9. The fourth-order valence-corrected chi connectivity index (χ4v) is 2.82. The van der Waals surface area contributed by atoms with Gasteiger partial charge in [0.2, 0.25) is 0 Å². The summed E-state index contributed by atoms with van der Waals surface area (Å²) < 4.78 is 5.94. The highest BCUT2D eigenvalue weighted by molar-refractivity contribution is 5.70. The highest BCUT2D eigenvalue weighted by Crippen LogP contribution is 2.24. The first-order valence-corrected chi connectivity index (χ1v) is 7.74. The number of rotatable bonds is 6. The monoisotopic (exact) mass is 291 g/mol. The Labute approximate surface area is 126 Å². The minimum Gasteiger partial charge on any atom is -0.489 e. The van der Waals surface area contributed by atoms with Crippen LogP contribution in [0.25, 0.3) is 0 Å². The molecule has 1 aliphatic carbocycles. The van der Waals surface area contributed by atoms with Gasteiger partial charge in [-0.3, -0.25) is 4.79 Å². The molecule has 4 nitrogen and oxygen atoms in total. The van der Waals surface area contributed by atoms with Gasteiger partial charge in [0.1, 0.15) is 11.9 Å². The van der Waals surface area contributed by atoms with Gasteiger partial charge in [0.15, 0.2) is 0 Å². The first kappa shape index (κ1) is 15.8. The second kappa shape index (κ2) is 7.46. The van der Waals surface area contributed by atoms with Gasteiger partial charge < -0.3 is 15.2 Å². The molecule has 1 atom stereocenters. The number of hydrogen-bond acceptors (Lipinski definition) is 3. The van der Waals surface area contributed by atoms with Gasteiger partial charge in [0.05, 0.1) is 5.92 Å². The van der Waals surface area contributed by atoms with E-state index >= 15 is 0 Å². The van der Waals surface area contributed by atoms with Crippen molar-refractivity contribution in [3.63, 3.8) is 0 Å². The molecule has 1 fully saturated rings. The number of aliphatic carboxylic acids is 1. The summed E-state index contributed by atoms with van der Waals surface area (Å²) in [6.07, 6.45) is 3.53. The molecular weight excluding hydrogens is 266 g/mol.